The van der Waals surface area contributed by atoms with E-state index in [1.165, 1.54) is 12.1 Å². The molecule has 4 nitrogen and oxygen atoms in total. The molecule has 1 aromatic carbocycles. The summed E-state index contributed by atoms with van der Waals surface area (Å²) in [5.41, 5.74) is 2.85. The van der Waals surface area contributed by atoms with Gasteiger partial charge in [0.1, 0.15) is 5.75 Å². The third kappa shape index (κ3) is 3.85. The minimum absolute atomic E-state index is 0.0342. The second-order valence-electron chi connectivity index (χ2n) is 4.37. The minimum Gasteiger partial charge on any atom is -0.508 e. The largest absolute Gasteiger partial charge is 0.508 e. The second-order valence-corrected chi connectivity index (χ2v) is 4.37. The van der Waals surface area contributed by atoms with Crippen LogP contribution in [0.4, 0.5) is 13.2 Å². The number of hydrogen-bond acceptors (Lipinski definition) is 3. The molecule has 1 atom stereocenters. The van der Waals surface area contributed by atoms with Crippen LogP contribution in [-0.4, -0.2) is 29.3 Å². The number of carbonyl (C=O) groups is 1. The summed E-state index contributed by atoms with van der Waals surface area (Å²) in [5, 5.41) is 11.2. The third-order valence-corrected chi connectivity index (χ3v) is 2.70. The minimum atomic E-state index is -4.80. The number of nitrogens with two attached hydrogens (primary N) is 1. The second kappa shape index (κ2) is 5.48. The van der Waals surface area contributed by atoms with Gasteiger partial charge in [0.2, 0.25) is 5.91 Å². The van der Waals surface area contributed by atoms with Crippen LogP contribution < -0.4 is 11.1 Å². The predicted octanol–water partition coefficient (Wildman–Crippen LogP) is 1.33. The number of alkyl halides is 3. The van der Waals surface area contributed by atoms with Crippen molar-refractivity contribution >= 4 is 5.91 Å². The van der Waals surface area contributed by atoms with E-state index in [2.05, 4.69) is 5.32 Å². The average Bonchev–Trinajstić information content (AvgIpc) is 2.30. The summed E-state index contributed by atoms with van der Waals surface area (Å²) >= 11 is 0. The Morgan fingerprint density at radius 1 is 1.32 bits per heavy atom. The van der Waals surface area contributed by atoms with Crippen LogP contribution in [0.15, 0.2) is 24.3 Å². The number of amides is 1. The van der Waals surface area contributed by atoms with Gasteiger partial charge in [-0.25, -0.2) is 0 Å². The van der Waals surface area contributed by atoms with Gasteiger partial charge in [-0.1, -0.05) is 12.1 Å². The number of benzene rings is 1. The number of aromatic hydroxyl groups is 1. The average molecular weight is 276 g/mol. The van der Waals surface area contributed by atoms with Crippen LogP contribution in [-0.2, 0) is 11.2 Å². The molecule has 4 N–H and O–H groups in total. The zero-order valence-corrected chi connectivity index (χ0v) is 10.3. The normalized spacial score (nSPS) is 14.8. The first-order chi connectivity index (χ1) is 8.64. The van der Waals surface area contributed by atoms with E-state index in [0.717, 1.165) is 5.56 Å². The van der Waals surface area contributed by atoms with Gasteiger partial charge in [0.25, 0.3) is 0 Å². The number of phenols is 1. The van der Waals surface area contributed by atoms with Crippen LogP contribution in [0.5, 0.6) is 5.75 Å². The van der Waals surface area contributed by atoms with Crippen molar-refractivity contribution < 1.29 is 23.1 Å². The molecule has 0 bridgehead atoms. The molecule has 0 aliphatic rings. The molecule has 0 aliphatic heterocycles. The van der Waals surface area contributed by atoms with E-state index in [-0.39, 0.29) is 12.3 Å². The van der Waals surface area contributed by atoms with Crippen LogP contribution in [0.1, 0.15) is 12.5 Å². The van der Waals surface area contributed by atoms with Crippen molar-refractivity contribution in [1.29, 1.82) is 0 Å². The van der Waals surface area contributed by atoms with Gasteiger partial charge in [0.05, 0.1) is 0 Å². The van der Waals surface area contributed by atoms with E-state index >= 15 is 0 Å². The van der Waals surface area contributed by atoms with E-state index in [0.29, 0.717) is 13.3 Å². The first-order valence-corrected chi connectivity index (χ1v) is 5.56. The van der Waals surface area contributed by atoms with E-state index in [4.69, 9.17) is 10.8 Å². The van der Waals surface area contributed by atoms with Crippen molar-refractivity contribution in [3.05, 3.63) is 29.8 Å². The monoisotopic (exact) mass is 276 g/mol. The van der Waals surface area contributed by atoms with Crippen molar-refractivity contribution in [2.24, 2.45) is 5.73 Å². The molecule has 19 heavy (non-hydrogen) atoms. The number of carbonyl (C=O) groups excluding carboxylic acids is 1. The molecular weight excluding hydrogens is 261 g/mol. The Labute approximate surface area is 108 Å². The summed E-state index contributed by atoms with van der Waals surface area (Å²) in [6.45, 7) is 0.662. The van der Waals surface area contributed by atoms with Crippen molar-refractivity contribution in [2.75, 3.05) is 6.54 Å². The topological polar surface area (TPSA) is 75.4 Å². The van der Waals surface area contributed by atoms with Gasteiger partial charge >= 0.3 is 6.18 Å². The molecule has 0 saturated heterocycles. The lowest BCUT2D eigenvalue weighted by Gasteiger charge is -2.26. The van der Waals surface area contributed by atoms with Crippen LogP contribution in [0.25, 0.3) is 0 Å². The van der Waals surface area contributed by atoms with Crippen LogP contribution in [0.2, 0.25) is 0 Å². The van der Waals surface area contributed by atoms with Crippen LogP contribution >= 0.6 is 0 Å². The molecule has 7 heteroatoms. The van der Waals surface area contributed by atoms with E-state index in [9.17, 15) is 18.0 Å². The van der Waals surface area contributed by atoms with Gasteiger partial charge in [-0.2, -0.15) is 13.2 Å². The summed E-state index contributed by atoms with van der Waals surface area (Å²) in [5.74, 6) is -1.17. The summed E-state index contributed by atoms with van der Waals surface area (Å²) < 4.78 is 37.4. The van der Waals surface area contributed by atoms with Crippen LogP contribution in [0, 0.1) is 0 Å². The van der Waals surface area contributed by atoms with Gasteiger partial charge in [0.15, 0.2) is 5.54 Å². The number of rotatable bonds is 4. The summed E-state index contributed by atoms with van der Waals surface area (Å²) in [7, 11) is 0. The highest BCUT2D eigenvalue weighted by atomic mass is 19.4. The Hall–Kier alpha value is -1.76. The quantitative estimate of drug-likeness (QED) is 0.776. The fraction of sp³-hybridized carbons (Fsp3) is 0.417. The molecule has 0 radical (unpaired) electrons. The van der Waals surface area contributed by atoms with Crippen molar-refractivity contribution in [2.45, 2.75) is 25.1 Å². The fourth-order valence-electron chi connectivity index (χ4n) is 1.30. The molecule has 0 fully saturated rings. The summed E-state index contributed by atoms with van der Waals surface area (Å²) in [6, 6.07) is 6.15. The third-order valence-electron chi connectivity index (χ3n) is 2.70. The first kappa shape index (κ1) is 15.3. The molecule has 0 saturated carbocycles. The SMILES string of the molecule is CC(N)(C(=O)NCCc1ccc(O)cc1)C(F)(F)F. The molecule has 0 spiro atoms. The van der Waals surface area contributed by atoms with Gasteiger partial charge < -0.3 is 16.2 Å². The van der Waals surface area contributed by atoms with E-state index in [1.54, 1.807) is 12.1 Å². The zero-order chi connectivity index (χ0) is 14.7. The molecule has 1 unspecified atom stereocenters. The van der Waals surface area contributed by atoms with Gasteiger partial charge in [-0.05, 0) is 31.0 Å². The van der Waals surface area contributed by atoms with Crippen molar-refractivity contribution in [1.82, 2.24) is 5.32 Å². The Bertz CT molecular complexity index is 441. The molecule has 1 amide bonds. The lowest BCUT2D eigenvalue weighted by Crippen LogP contribution is -2.61. The maximum atomic E-state index is 12.5. The predicted molar refractivity (Wildman–Crippen MR) is 63.5 cm³/mol. The van der Waals surface area contributed by atoms with E-state index in [1.807, 2.05) is 0 Å². The van der Waals surface area contributed by atoms with Gasteiger partial charge in [-0.3, -0.25) is 4.79 Å². The molecular formula is C12H15F3N2O2. The number of halogens is 3. The maximum absolute atomic E-state index is 12.5. The zero-order valence-electron chi connectivity index (χ0n) is 10.3. The molecule has 106 valence electrons. The van der Waals surface area contributed by atoms with Crippen LogP contribution in [0.3, 0.4) is 0 Å². The first-order valence-electron chi connectivity index (χ1n) is 5.56. The Kier molecular flexibility index (Phi) is 4.41. The smallest absolute Gasteiger partial charge is 0.415 e. The van der Waals surface area contributed by atoms with Gasteiger partial charge in [-0.15, -0.1) is 0 Å². The molecule has 1 rings (SSSR count). The number of nitrogens with one attached hydrogen (secondary N) is 1. The molecule has 1 aromatic rings. The Morgan fingerprint density at radius 3 is 2.32 bits per heavy atom. The summed E-state index contributed by atoms with van der Waals surface area (Å²) in [4.78, 5) is 11.4. The highest BCUT2D eigenvalue weighted by Crippen LogP contribution is 2.27. The highest BCUT2D eigenvalue weighted by Gasteiger charge is 2.53. The lowest BCUT2D eigenvalue weighted by atomic mass is 10.0. The number of phenolic OH excluding ortho intramolecular Hbond substituents is 1. The maximum Gasteiger partial charge on any atom is 0.415 e. The molecule has 0 aromatic heterocycles. The highest BCUT2D eigenvalue weighted by molar-refractivity contribution is 5.86. The molecule has 0 heterocycles. The lowest BCUT2D eigenvalue weighted by molar-refractivity contribution is -0.187. The van der Waals surface area contributed by atoms with Crippen molar-refractivity contribution in [3.63, 3.8) is 0 Å². The number of hydrogen-bond donors (Lipinski definition) is 3. The van der Waals surface area contributed by atoms with Gasteiger partial charge in [0, 0.05) is 6.54 Å². The Morgan fingerprint density at radius 2 is 1.84 bits per heavy atom. The van der Waals surface area contributed by atoms with Crippen molar-refractivity contribution in [3.8, 4) is 5.75 Å². The fourth-order valence-corrected chi connectivity index (χ4v) is 1.30. The standard InChI is InChI=1S/C12H15F3N2O2/c1-11(16,12(13,14)15)10(19)17-7-6-8-2-4-9(18)5-3-8/h2-5,18H,6-7,16H2,1H3,(H,17,19). The summed E-state index contributed by atoms with van der Waals surface area (Å²) in [6.07, 6.45) is -4.45. The van der Waals surface area contributed by atoms with E-state index < -0.39 is 17.6 Å². The Balaban J connectivity index is 2.49. The molecule has 0 aliphatic carbocycles.